The van der Waals surface area contributed by atoms with E-state index in [2.05, 4.69) is 35.5 Å². The third-order valence-corrected chi connectivity index (χ3v) is 2.80. The third kappa shape index (κ3) is 7.08. The largest absolute Gasteiger partial charge is 0.314 e. The SMILES string of the molecule is CCCC(C)NCCCNCc1cccnc1. The topological polar surface area (TPSA) is 37.0 Å². The summed E-state index contributed by atoms with van der Waals surface area (Å²) in [6.07, 6.45) is 7.42. The standard InChI is InChI=1S/C14H25N3/c1-3-6-13(2)17-10-5-9-16-12-14-7-4-8-15-11-14/h4,7-8,11,13,16-17H,3,5-6,9-10,12H2,1-2H3. The lowest BCUT2D eigenvalue weighted by molar-refractivity contribution is 0.492. The number of pyridine rings is 1. The normalized spacial score (nSPS) is 12.6. The van der Waals surface area contributed by atoms with Gasteiger partial charge in [0.05, 0.1) is 0 Å². The first kappa shape index (κ1) is 14.1. The van der Waals surface area contributed by atoms with Crippen LogP contribution in [0.3, 0.4) is 0 Å². The van der Waals surface area contributed by atoms with Crippen molar-refractivity contribution in [3.63, 3.8) is 0 Å². The first-order chi connectivity index (χ1) is 8.33. The first-order valence-electron chi connectivity index (χ1n) is 6.66. The average molecular weight is 235 g/mol. The molecule has 0 spiro atoms. The highest BCUT2D eigenvalue weighted by Crippen LogP contribution is 1.95. The Morgan fingerprint density at radius 3 is 2.94 bits per heavy atom. The molecule has 3 heteroatoms. The monoisotopic (exact) mass is 235 g/mol. The summed E-state index contributed by atoms with van der Waals surface area (Å²) >= 11 is 0. The summed E-state index contributed by atoms with van der Waals surface area (Å²) in [5.74, 6) is 0. The summed E-state index contributed by atoms with van der Waals surface area (Å²) in [5.41, 5.74) is 1.25. The second-order valence-corrected chi connectivity index (χ2v) is 4.54. The van der Waals surface area contributed by atoms with Crippen molar-refractivity contribution in [2.45, 2.75) is 45.7 Å². The Morgan fingerprint density at radius 1 is 1.35 bits per heavy atom. The molecule has 1 unspecified atom stereocenters. The van der Waals surface area contributed by atoms with Crippen molar-refractivity contribution >= 4 is 0 Å². The van der Waals surface area contributed by atoms with Gasteiger partial charge in [-0.15, -0.1) is 0 Å². The zero-order chi connectivity index (χ0) is 12.3. The maximum atomic E-state index is 4.09. The van der Waals surface area contributed by atoms with Crippen molar-refractivity contribution in [1.82, 2.24) is 15.6 Å². The van der Waals surface area contributed by atoms with E-state index >= 15 is 0 Å². The fourth-order valence-electron chi connectivity index (χ4n) is 1.83. The number of hydrogen-bond acceptors (Lipinski definition) is 3. The summed E-state index contributed by atoms with van der Waals surface area (Å²) in [4.78, 5) is 4.09. The van der Waals surface area contributed by atoms with Crippen LogP contribution in [0.2, 0.25) is 0 Å². The van der Waals surface area contributed by atoms with Gasteiger partial charge in [0.2, 0.25) is 0 Å². The summed E-state index contributed by atoms with van der Waals surface area (Å²) in [7, 11) is 0. The molecule has 0 amide bonds. The molecule has 3 nitrogen and oxygen atoms in total. The van der Waals surface area contributed by atoms with E-state index in [1.165, 1.54) is 24.8 Å². The minimum absolute atomic E-state index is 0.651. The summed E-state index contributed by atoms with van der Waals surface area (Å²) in [5, 5.41) is 6.96. The Hall–Kier alpha value is -0.930. The van der Waals surface area contributed by atoms with E-state index < -0.39 is 0 Å². The summed E-state index contributed by atoms with van der Waals surface area (Å²) in [6, 6.07) is 4.73. The summed E-state index contributed by atoms with van der Waals surface area (Å²) in [6.45, 7) is 7.56. The molecule has 0 radical (unpaired) electrons. The Balaban J connectivity index is 1.95. The van der Waals surface area contributed by atoms with Gasteiger partial charge < -0.3 is 10.6 Å². The van der Waals surface area contributed by atoms with E-state index in [1.54, 1.807) is 0 Å². The molecule has 96 valence electrons. The quantitative estimate of drug-likeness (QED) is 0.645. The lowest BCUT2D eigenvalue weighted by Crippen LogP contribution is -2.29. The number of aromatic nitrogens is 1. The zero-order valence-electron chi connectivity index (χ0n) is 11.1. The van der Waals surface area contributed by atoms with E-state index in [1.807, 2.05) is 18.5 Å². The van der Waals surface area contributed by atoms with Gasteiger partial charge in [-0.2, -0.15) is 0 Å². The van der Waals surface area contributed by atoms with Gasteiger partial charge >= 0.3 is 0 Å². The van der Waals surface area contributed by atoms with Crippen molar-refractivity contribution in [3.8, 4) is 0 Å². The molecule has 1 aromatic heterocycles. The molecule has 0 saturated carbocycles. The molecular formula is C14H25N3. The fraction of sp³-hybridized carbons (Fsp3) is 0.643. The number of nitrogens with one attached hydrogen (secondary N) is 2. The minimum atomic E-state index is 0.651. The lowest BCUT2D eigenvalue weighted by Gasteiger charge is -2.12. The molecule has 0 aliphatic rings. The zero-order valence-corrected chi connectivity index (χ0v) is 11.1. The maximum absolute atomic E-state index is 4.09. The Labute approximate surface area is 105 Å². The molecule has 1 atom stereocenters. The van der Waals surface area contributed by atoms with Crippen LogP contribution in [-0.4, -0.2) is 24.1 Å². The Kier molecular flexibility index (Phi) is 7.60. The number of hydrogen-bond donors (Lipinski definition) is 2. The molecule has 0 fully saturated rings. The van der Waals surface area contributed by atoms with Crippen LogP contribution >= 0.6 is 0 Å². The van der Waals surface area contributed by atoms with Crippen LogP contribution in [0.5, 0.6) is 0 Å². The van der Waals surface area contributed by atoms with Crippen LogP contribution in [0.25, 0.3) is 0 Å². The van der Waals surface area contributed by atoms with Gasteiger partial charge in [-0.05, 0) is 44.5 Å². The predicted octanol–water partition coefficient (Wildman–Crippen LogP) is 2.34. The smallest absolute Gasteiger partial charge is 0.0312 e. The molecule has 0 bridgehead atoms. The van der Waals surface area contributed by atoms with Crippen molar-refractivity contribution in [2.24, 2.45) is 0 Å². The molecule has 17 heavy (non-hydrogen) atoms. The highest BCUT2D eigenvalue weighted by molar-refractivity contribution is 5.07. The van der Waals surface area contributed by atoms with Crippen molar-refractivity contribution < 1.29 is 0 Å². The number of rotatable bonds is 9. The Morgan fingerprint density at radius 2 is 2.24 bits per heavy atom. The van der Waals surface area contributed by atoms with Crippen LogP contribution in [-0.2, 0) is 6.54 Å². The second-order valence-electron chi connectivity index (χ2n) is 4.54. The summed E-state index contributed by atoms with van der Waals surface area (Å²) < 4.78 is 0. The van der Waals surface area contributed by atoms with E-state index in [9.17, 15) is 0 Å². The van der Waals surface area contributed by atoms with Crippen LogP contribution in [0.15, 0.2) is 24.5 Å². The molecule has 0 aromatic carbocycles. The number of nitrogens with zero attached hydrogens (tertiary/aromatic N) is 1. The molecule has 1 heterocycles. The fourth-order valence-corrected chi connectivity index (χ4v) is 1.83. The van der Waals surface area contributed by atoms with Gasteiger partial charge in [0.25, 0.3) is 0 Å². The van der Waals surface area contributed by atoms with Crippen LogP contribution in [0.1, 0.15) is 38.7 Å². The molecule has 0 aliphatic heterocycles. The van der Waals surface area contributed by atoms with Gasteiger partial charge in [-0.1, -0.05) is 19.4 Å². The molecule has 1 rings (SSSR count). The third-order valence-electron chi connectivity index (χ3n) is 2.80. The Bertz CT molecular complexity index is 274. The van der Waals surface area contributed by atoms with Crippen LogP contribution in [0.4, 0.5) is 0 Å². The van der Waals surface area contributed by atoms with Crippen molar-refractivity contribution in [2.75, 3.05) is 13.1 Å². The molecular weight excluding hydrogens is 210 g/mol. The second kappa shape index (κ2) is 9.14. The van der Waals surface area contributed by atoms with E-state index in [4.69, 9.17) is 0 Å². The molecule has 0 aliphatic carbocycles. The molecule has 2 N–H and O–H groups in total. The van der Waals surface area contributed by atoms with Gasteiger partial charge in [0.1, 0.15) is 0 Å². The van der Waals surface area contributed by atoms with Crippen molar-refractivity contribution in [3.05, 3.63) is 30.1 Å². The van der Waals surface area contributed by atoms with E-state index in [0.29, 0.717) is 6.04 Å². The first-order valence-corrected chi connectivity index (χ1v) is 6.66. The predicted molar refractivity (Wildman–Crippen MR) is 72.9 cm³/mol. The lowest BCUT2D eigenvalue weighted by atomic mass is 10.2. The highest BCUT2D eigenvalue weighted by atomic mass is 14.9. The van der Waals surface area contributed by atoms with Gasteiger partial charge in [-0.3, -0.25) is 4.98 Å². The van der Waals surface area contributed by atoms with Crippen LogP contribution < -0.4 is 10.6 Å². The molecule has 1 aromatic rings. The van der Waals surface area contributed by atoms with Crippen LogP contribution in [0, 0.1) is 0 Å². The van der Waals surface area contributed by atoms with Crippen molar-refractivity contribution in [1.29, 1.82) is 0 Å². The highest BCUT2D eigenvalue weighted by Gasteiger charge is 1.98. The van der Waals surface area contributed by atoms with E-state index in [0.717, 1.165) is 19.6 Å². The van der Waals surface area contributed by atoms with Gasteiger partial charge in [-0.25, -0.2) is 0 Å². The van der Waals surface area contributed by atoms with Gasteiger partial charge in [0.15, 0.2) is 0 Å². The minimum Gasteiger partial charge on any atom is -0.314 e. The average Bonchev–Trinajstić information content (AvgIpc) is 2.35. The van der Waals surface area contributed by atoms with E-state index in [-0.39, 0.29) is 0 Å². The van der Waals surface area contributed by atoms with Gasteiger partial charge in [0, 0.05) is 25.0 Å². The maximum Gasteiger partial charge on any atom is 0.0312 e. The molecule has 0 saturated heterocycles.